The van der Waals surface area contributed by atoms with Gasteiger partial charge in [-0.15, -0.1) is 0 Å². The van der Waals surface area contributed by atoms with Crippen LogP contribution in [0.1, 0.15) is 58.8 Å². The van der Waals surface area contributed by atoms with Gasteiger partial charge in [-0.25, -0.2) is 0 Å². The van der Waals surface area contributed by atoms with Crippen molar-refractivity contribution in [2.45, 2.75) is 64.4 Å². The topological polar surface area (TPSA) is 49.3 Å². The standard InChI is InChI=1S/C13H25NO2/c1-3-5-7-11(4-2)12(15)14-10-13(16)8-6-9-13/h11,16H,3-10H2,1-2H3,(H,14,15). The maximum atomic E-state index is 11.8. The second-order valence-corrected chi connectivity index (χ2v) is 5.04. The zero-order chi connectivity index (χ0) is 12.0. The number of nitrogens with one attached hydrogen (secondary N) is 1. The Morgan fingerprint density at radius 3 is 2.56 bits per heavy atom. The van der Waals surface area contributed by atoms with Gasteiger partial charge in [-0.1, -0.05) is 26.7 Å². The maximum absolute atomic E-state index is 11.8. The number of rotatable bonds is 7. The van der Waals surface area contributed by atoms with E-state index in [9.17, 15) is 9.90 Å². The van der Waals surface area contributed by atoms with Gasteiger partial charge >= 0.3 is 0 Å². The zero-order valence-electron chi connectivity index (χ0n) is 10.6. The highest BCUT2D eigenvalue weighted by Crippen LogP contribution is 2.30. The van der Waals surface area contributed by atoms with Gasteiger partial charge in [-0.3, -0.25) is 4.79 Å². The molecule has 1 aliphatic rings. The average molecular weight is 227 g/mol. The van der Waals surface area contributed by atoms with Gasteiger partial charge in [-0.05, 0) is 32.1 Å². The summed E-state index contributed by atoms with van der Waals surface area (Å²) in [4.78, 5) is 11.8. The molecule has 16 heavy (non-hydrogen) atoms. The molecule has 3 nitrogen and oxygen atoms in total. The molecule has 0 aliphatic heterocycles. The van der Waals surface area contributed by atoms with Crippen LogP contribution in [0.25, 0.3) is 0 Å². The number of hydrogen-bond acceptors (Lipinski definition) is 2. The normalized spacial score (nSPS) is 19.9. The van der Waals surface area contributed by atoms with Crippen molar-refractivity contribution in [3.8, 4) is 0 Å². The van der Waals surface area contributed by atoms with Crippen molar-refractivity contribution in [2.75, 3.05) is 6.54 Å². The fraction of sp³-hybridized carbons (Fsp3) is 0.923. The fourth-order valence-corrected chi connectivity index (χ4v) is 2.13. The van der Waals surface area contributed by atoms with E-state index in [2.05, 4.69) is 19.2 Å². The van der Waals surface area contributed by atoms with Gasteiger partial charge in [0.2, 0.25) is 5.91 Å². The molecule has 1 aliphatic carbocycles. The molecule has 0 saturated heterocycles. The maximum Gasteiger partial charge on any atom is 0.223 e. The van der Waals surface area contributed by atoms with E-state index in [1.54, 1.807) is 0 Å². The lowest BCUT2D eigenvalue weighted by molar-refractivity contribution is -0.127. The minimum atomic E-state index is -0.599. The number of aliphatic hydroxyl groups is 1. The van der Waals surface area contributed by atoms with Crippen molar-refractivity contribution in [1.29, 1.82) is 0 Å². The Kier molecular flexibility index (Phi) is 5.26. The van der Waals surface area contributed by atoms with E-state index < -0.39 is 5.60 Å². The molecular formula is C13H25NO2. The van der Waals surface area contributed by atoms with Gasteiger partial charge in [0.15, 0.2) is 0 Å². The van der Waals surface area contributed by atoms with Crippen LogP contribution in [0, 0.1) is 5.92 Å². The summed E-state index contributed by atoms with van der Waals surface area (Å²) in [5.41, 5.74) is -0.599. The molecule has 0 heterocycles. The first-order valence-corrected chi connectivity index (χ1v) is 6.61. The minimum Gasteiger partial charge on any atom is -0.388 e. The Hall–Kier alpha value is -0.570. The van der Waals surface area contributed by atoms with E-state index in [0.717, 1.165) is 44.9 Å². The SMILES string of the molecule is CCCCC(CC)C(=O)NCC1(O)CCC1. The van der Waals surface area contributed by atoms with Crippen LogP contribution in [-0.4, -0.2) is 23.2 Å². The summed E-state index contributed by atoms with van der Waals surface area (Å²) in [6.07, 6.45) is 6.85. The summed E-state index contributed by atoms with van der Waals surface area (Å²) < 4.78 is 0. The second-order valence-electron chi connectivity index (χ2n) is 5.04. The first-order chi connectivity index (χ1) is 7.61. The highest BCUT2D eigenvalue weighted by atomic mass is 16.3. The monoisotopic (exact) mass is 227 g/mol. The van der Waals surface area contributed by atoms with Crippen LogP contribution >= 0.6 is 0 Å². The lowest BCUT2D eigenvalue weighted by Gasteiger charge is -2.36. The highest BCUT2D eigenvalue weighted by Gasteiger charge is 2.34. The van der Waals surface area contributed by atoms with Crippen LogP contribution in [0.15, 0.2) is 0 Å². The summed E-state index contributed by atoms with van der Waals surface area (Å²) in [5.74, 6) is 0.250. The van der Waals surface area contributed by atoms with Gasteiger partial charge in [0.25, 0.3) is 0 Å². The molecule has 1 amide bonds. The summed E-state index contributed by atoms with van der Waals surface area (Å²) in [6, 6.07) is 0. The third-order valence-corrected chi connectivity index (χ3v) is 3.65. The summed E-state index contributed by atoms with van der Waals surface area (Å²) in [7, 11) is 0. The van der Waals surface area contributed by atoms with Gasteiger partial charge in [0.05, 0.1) is 5.60 Å². The third-order valence-electron chi connectivity index (χ3n) is 3.65. The molecule has 3 heteroatoms. The van der Waals surface area contributed by atoms with E-state index in [1.807, 2.05) is 0 Å². The molecule has 0 spiro atoms. The van der Waals surface area contributed by atoms with Crippen molar-refractivity contribution in [3.63, 3.8) is 0 Å². The van der Waals surface area contributed by atoms with Gasteiger partial charge in [0.1, 0.15) is 0 Å². The summed E-state index contributed by atoms with van der Waals surface area (Å²) in [6.45, 7) is 4.63. The highest BCUT2D eigenvalue weighted by molar-refractivity contribution is 5.78. The quantitative estimate of drug-likeness (QED) is 0.700. The Morgan fingerprint density at radius 2 is 2.12 bits per heavy atom. The second kappa shape index (κ2) is 6.24. The number of carbonyl (C=O) groups excluding carboxylic acids is 1. The molecule has 1 unspecified atom stereocenters. The van der Waals surface area contributed by atoms with Crippen LogP contribution < -0.4 is 5.32 Å². The van der Waals surface area contributed by atoms with Gasteiger partial charge in [0, 0.05) is 12.5 Å². The predicted octanol–water partition coefficient (Wildman–Crippen LogP) is 2.23. The van der Waals surface area contributed by atoms with E-state index in [4.69, 9.17) is 0 Å². The summed E-state index contributed by atoms with van der Waals surface area (Å²) >= 11 is 0. The average Bonchev–Trinajstić information content (AvgIpc) is 2.24. The summed E-state index contributed by atoms with van der Waals surface area (Å²) in [5, 5.41) is 12.8. The van der Waals surface area contributed by atoms with Crippen molar-refractivity contribution in [1.82, 2.24) is 5.32 Å². The number of carbonyl (C=O) groups is 1. The number of amides is 1. The molecular weight excluding hydrogens is 202 g/mol. The molecule has 0 aromatic rings. The molecule has 94 valence electrons. The van der Waals surface area contributed by atoms with Crippen molar-refractivity contribution in [2.24, 2.45) is 5.92 Å². The Bertz CT molecular complexity index is 224. The predicted molar refractivity (Wildman–Crippen MR) is 65.1 cm³/mol. The van der Waals surface area contributed by atoms with Crippen LogP contribution in [0.4, 0.5) is 0 Å². The third kappa shape index (κ3) is 3.78. The lowest BCUT2D eigenvalue weighted by Crippen LogP contribution is -2.48. The molecule has 0 aromatic carbocycles. The first-order valence-electron chi connectivity index (χ1n) is 6.61. The van der Waals surface area contributed by atoms with Crippen molar-refractivity contribution >= 4 is 5.91 Å². The molecule has 1 fully saturated rings. The van der Waals surface area contributed by atoms with E-state index in [1.165, 1.54) is 0 Å². The number of hydrogen-bond donors (Lipinski definition) is 2. The number of unbranched alkanes of at least 4 members (excludes halogenated alkanes) is 1. The lowest BCUT2D eigenvalue weighted by atomic mass is 9.80. The molecule has 1 atom stereocenters. The molecule has 0 bridgehead atoms. The fourth-order valence-electron chi connectivity index (χ4n) is 2.13. The zero-order valence-corrected chi connectivity index (χ0v) is 10.6. The van der Waals surface area contributed by atoms with E-state index >= 15 is 0 Å². The Balaban J connectivity index is 2.25. The molecule has 1 rings (SSSR count). The Labute approximate surface area is 98.6 Å². The smallest absolute Gasteiger partial charge is 0.223 e. The van der Waals surface area contributed by atoms with E-state index in [-0.39, 0.29) is 11.8 Å². The van der Waals surface area contributed by atoms with Crippen LogP contribution in [0.5, 0.6) is 0 Å². The molecule has 1 saturated carbocycles. The van der Waals surface area contributed by atoms with Gasteiger partial charge < -0.3 is 10.4 Å². The first kappa shape index (κ1) is 13.5. The van der Waals surface area contributed by atoms with Crippen LogP contribution in [0.2, 0.25) is 0 Å². The largest absolute Gasteiger partial charge is 0.388 e. The van der Waals surface area contributed by atoms with E-state index in [0.29, 0.717) is 6.54 Å². The van der Waals surface area contributed by atoms with Crippen LogP contribution in [-0.2, 0) is 4.79 Å². The Morgan fingerprint density at radius 1 is 1.44 bits per heavy atom. The van der Waals surface area contributed by atoms with Crippen molar-refractivity contribution < 1.29 is 9.90 Å². The minimum absolute atomic E-state index is 0.122. The van der Waals surface area contributed by atoms with Crippen LogP contribution in [0.3, 0.4) is 0 Å². The molecule has 0 aromatic heterocycles. The van der Waals surface area contributed by atoms with Crippen molar-refractivity contribution in [3.05, 3.63) is 0 Å². The van der Waals surface area contributed by atoms with Gasteiger partial charge in [-0.2, -0.15) is 0 Å². The molecule has 0 radical (unpaired) electrons. The molecule has 2 N–H and O–H groups in total.